The molecule has 4 heterocycles. The number of benzene rings is 2. The molecule has 0 radical (unpaired) electrons. The van der Waals surface area contributed by atoms with Gasteiger partial charge in [0.1, 0.15) is 23.7 Å². The molecule has 2 N–H and O–H groups in total. The van der Waals surface area contributed by atoms with Gasteiger partial charge in [-0.25, -0.2) is 9.37 Å². The van der Waals surface area contributed by atoms with Gasteiger partial charge in [-0.3, -0.25) is 14.5 Å². The number of hydrogen-bond acceptors (Lipinski definition) is 7. The maximum absolute atomic E-state index is 13.9. The van der Waals surface area contributed by atoms with Gasteiger partial charge in [-0.05, 0) is 35.9 Å². The molecule has 3 aliphatic heterocycles. The molecule has 1 saturated heterocycles. The first-order valence-electron chi connectivity index (χ1n) is 10.9. The molecule has 0 bridgehead atoms. The topological polar surface area (TPSA) is 85.2 Å². The Morgan fingerprint density at radius 2 is 1.94 bits per heavy atom. The molecule has 1 unspecified atom stereocenters. The number of aliphatic imine (C=N–C) groups is 1. The number of fused-ring (bicyclic) bond motifs is 2. The summed E-state index contributed by atoms with van der Waals surface area (Å²) in [4.78, 5) is 11.7. The molecule has 1 aromatic heterocycles. The number of morpholine rings is 1. The van der Waals surface area contributed by atoms with Crippen LogP contribution in [0, 0.1) is 5.82 Å². The highest BCUT2D eigenvalue weighted by atomic mass is 19.1. The van der Waals surface area contributed by atoms with Crippen molar-refractivity contribution in [2.45, 2.75) is 12.8 Å². The van der Waals surface area contributed by atoms with Crippen LogP contribution >= 0.6 is 0 Å². The third-order valence-electron chi connectivity index (χ3n) is 5.89. The van der Waals surface area contributed by atoms with Gasteiger partial charge in [-0.1, -0.05) is 12.1 Å². The van der Waals surface area contributed by atoms with E-state index in [4.69, 9.17) is 19.2 Å². The van der Waals surface area contributed by atoms with Crippen LogP contribution in [-0.4, -0.2) is 59.7 Å². The maximum Gasteiger partial charge on any atom is 0.231 e. The average Bonchev–Trinajstić information content (AvgIpc) is 3.50. The van der Waals surface area contributed by atoms with Crippen LogP contribution < -0.4 is 20.1 Å². The number of nitrogens with one attached hydrogen (secondary N) is 2. The third kappa shape index (κ3) is 3.87. The van der Waals surface area contributed by atoms with Gasteiger partial charge in [0.15, 0.2) is 23.6 Å². The van der Waals surface area contributed by atoms with Gasteiger partial charge >= 0.3 is 0 Å². The molecular formula is C23H23FN6O3. The van der Waals surface area contributed by atoms with Gasteiger partial charge in [0.25, 0.3) is 0 Å². The van der Waals surface area contributed by atoms with Crippen LogP contribution in [0.25, 0.3) is 5.69 Å². The Labute approximate surface area is 189 Å². The van der Waals surface area contributed by atoms with E-state index in [0.29, 0.717) is 37.0 Å². The van der Waals surface area contributed by atoms with Crippen LogP contribution in [0.1, 0.15) is 11.3 Å². The van der Waals surface area contributed by atoms with Crippen LogP contribution in [0.3, 0.4) is 0 Å². The van der Waals surface area contributed by atoms with Crippen molar-refractivity contribution >= 4 is 11.7 Å². The molecule has 1 atom stereocenters. The van der Waals surface area contributed by atoms with Crippen molar-refractivity contribution in [3.8, 4) is 17.2 Å². The number of nitrogens with zero attached hydrogens (tertiary/aromatic N) is 4. The summed E-state index contributed by atoms with van der Waals surface area (Å²) in [6.07, 6.45) is 1.49. The Hall–Kier alpha value is -3.63. The number of anilines is 1. The van der Waals surface area contributed by atoms with E-state index in [9.17, 15) is 4.39 Å². The summed E-state index contributed by atoms with van der Waals surface area (Å²) < 4.78 is 32.1. The van der Waals surface area contributed by atoms with E-state index in [1.807, 2.05) is 28.8 Å². The number of rotatable bonds is 4. The zero-order chi connectivity index (χ0) is 22.2. The molecule has 0 saturated carbocycles. The minimum atomic E-state index is -0.301. The SMILES string of the molecule is Fc1cccc(-n2cnc3c2NC(N2CCOCC2)NC3=NCc2ccc3c(c2)OCO3)c1. The van der Waals surface area contributed by atoms with Gasteiger partial charge in [0.05, 0.1) is 25.4 Å². The number of aromatic nitrogens is 2. The lowest BCUT2D eigenvalue weighted by Crippen LogP contribution is -2.58. The van der Waals surface area contributed by atoms with Crippen molar-refractivity contribution < 1.29 is 18.6 Å². The summed E-state index contributed by atoms with van der Waals surface area (Å²) in [5, 5.41) is 7.00. The molecule has 10 heteroatoms. The van der Waals surface area contributed by atoms with Gasteiger partial charge in [0, 0.05) is 13.1 Å². The van der Waals surface area contributed by atoms with Crippen LogP contribution in [0.4, 0.5) is 10.2 Å². The average molecular weight is 450 g/mol. The fraction of sp³-hybridized carbons (Fsp3) is 0.304. The summed E-state index contributed by atoms with van der Waals surface area (Å²) in [5.74, 6) is 2.61. The third-order valence-corrected chi connectivity index (χ3v) is 5.89. The van der Waals surface area contributed by atoms with E-state index in [1.54, 1.807) is 12.4 Å². The molecule has 1 fully saturated rings. The van der Waals surface area contributed by atoms with Gasteiger partial charge < -0.3 is 24.8 Å². The molecule has 9 nitrogen and oxygen atoms in total. The van der Waals surface area contributed by atoms with Crippen molar-refractivity contribution in [1.29, 1.82) is 0 Å². The fourth-order valence-corrected chi connectivity index (χ4v) is 4.19. The monoisotopic (exact) mass is 450 g/mol. The lowest BCUT2D eigenvalue weighted by Gasteiger charge is -2.38. The quantitative estimate of drug-likeness (QED) is 0.631. The first-order chi connectivity index (χ1) is 16.2. The van der Waals surface area contributed by atoms with Crippen LogP contribution in [-0.2, 0) is 11.3 Å². The summed E-state index contributed by atoms with van der Waals surface area (Å²) in [6, 6.07) is 12.3. The van der Waals surface area contributed by atoms with E-state index < -0.39 is 0 Å². The molecule has 3 aromatic rings. The second-order valence-corrected chi connectivity index (χ2v) is 7.98. The minimum absolute atomic E-state index is 0.194. The molecule has 0 spiro atoms. The standard InChI is InChI=1S/C23H23FN6O3/c24-16-2-1-3-17(11-16)30-13-26-20-21(25-12-15-4-5-18-19(10-15)33-14-32-18)27-23(28-22(20)30)29-6-8-31-9-7-29/h1-5,10-11,13,23,28H,6-9,12,14H2,(H,25,27). The predicted octanol–water partition coefficient (Wildman–Crippen LogP) is 2.32. The zero-order valence-corrected chi connectivity index (χ0v) is 17.8. The lowest BCUT2D eigenvalue weighted by molar-refractivity contribution is 0.0188. The molecule has 2 aromatic carbocycles. The number of amidine groups is 1. The highest BCUT2D eigenvalue weighted by Gasteiger charge is 2.31. The largest absolute Gasteiger partial charge is 0.454 e. The second-order valence-electron chi connectivity index (χ2n) is 7.98. The van der Waals surface area contributed by atoms with Crippen LogP contribution in [0.5, 0.6) is 11.5 Å². The first kappa shape index (κ1) is 20.0. The van der Waals surface area contributed by atoms with Crippen molar-refractivity contribution in [3.05, 3.63) is 65.9 Å². The predicted molar refractivity (Wildman–Crippen MR) is 119 cm³/mol. The Morgan fingerprint density at radius 3 is 2.82 bits per heavy atom. The van der Waals surface area contributed by atoms with Gasteiger partial charge in [-0.2, -0.15) is 0 Å². The molecular weight excluding hydrogens is 427 g/mol. The number of ether oxygens (including phenoxy) is 3. The van der Waals surface area contributed by atoms with E-state index in [2.05, 4.69) is 20.5 Å². The van der Waals surface area contributed by atoms with Gasteiger partial charge in [0.2, 0.25) is 6.79 Å². The lowest BCUT2D eigenvalue weighted by atomic mass is 10.2. The van der Waals surface area contributed by atoms with Gasteiger partial charge in [-0.15, -0.1) is 0 Å². The molecule has 170 valence electrons. The number of halogens is 1. The smallest absolute Gasteiger partial charge is 0.231 e. The Morgan fingerprint density at radius 1 is 1.06 bits per heavy atom. The molecule has 0 amide bonds. The summed E-state index contributed by atoms with van der Waals surface area (Å²) in [5.41, 5.74) is 2.37. The van der Waals surface area contributed by atoms with Crippen molar-refractivity contribution in [2.24, 2.45) is 4.99 Å². The summed E-state index contributed by atoms with van der Waals surface area (Å²) in [6.45, 7) is 3.58. The summed E-state index contributed by atoms with van der Waals surface area (Å²) in [7, 11) is 0. The number of hydrogen-bond donors (Lipinski definition) is 2. The maximum atomic E-state index is 13.9. The van der Waals surface area contributed by atoms with Crippen molar-refractivity contribution in [2.75, 3.05) is 38.4 Å². The molecule has 0 aliphatic carbocycles. The van der Waals surface area contributed by atoms with E-state index in [1.165, 1.54) is 12.1 Å². The van der Waals surface area contributed by atoms with Crippen LogP contribution in [0.15, 0.2) is 53.8 Å². The first-order valence-corrected chi connectivity index (χ1v) is 10.9. The van der Waals surface area contributed by atoms with E-state index in [-0.39, 0.29) is 18.9 Å². The second kappa shape index (κ2) is 8.38. The molecule has 33 heavy (non-hydrogen) atoms. The van der Waals surface area contributed by atoms with Crippen molar-refractivity contribution in [1.82, 2.24) is 19.8 Å². The van der Waals surface area contributed by atoms with Crippen LogP contribution in [0.2, 0.25) is 0 Å². The van der Waals surface area contributed by atoms with Crippen molar-refractivity contribution in [3.63, 3.8) is 0 Å². The highest BCUT2D eigenvalue weighted by molar-refractivity contribution is 6.03. The fourth-order valence-electron chi connectivity index (χ4n) is 4.19. The number of imidazole rings is 1. The molecule has 3 aliphatic rings. The summed E-state index contributed by atoms with van der Waals surface area (Å²) >= 11 is 0. The van der Waals surface area contributed by atoms with E-state index >= 15 is 0 Å². The zero-order valence-electron chi connectivity index (χ0n) is 17.8. The highest BCUT2D eigenvalue weighted by Crippen LogP contribution is 2.33. The normalized spacial score (nSPS) is 20.9. The van der Waals surface area contributed by atoms with E-state index in [0.717, 1.165) is 36.0 Å². The minimum Gasteiger partial charge on any atom is -0.454 e. The Kier molecular flexibility index (Phi) is 5.08. The Balaban J connectivity index is 1.34. The Bertz CT molecular complexity index is 1210. The molecule has 6 rings (SSSR count).